The fraction of sp³-hybridized carbons (Fsp3) is 0.611. The highest BCUT2D eigenvalue weighted by atomic mass is 127. The maximum atomic E-state index is 12.3. The van der Waals surface area contributed by atoms with Crippen LogP contribution in [0.4, 0.5) is 0 Å². The van der Waals surface area contributed by atoms with E-state index in [0.29, 0.717) is 32.3 Å². The molecule has 0 radical (unpaired) electrons. The number of rotatable bonds is 13. The molecule has 0 aliphatic carbocycles. The van der Waals surface area contributed by atoms with Crippen LogP contribution in [0.1, 0.15) is 25.8 Å². The number of methoxy groups -OCH3 is 1. The van der Waals surface area contributed by atoms with Gasteiger partial charge in [0.1, 0.15) is 0 Å². The van der Waals surface area contributed by atoms with E-state index in [2.05, 4.69) is 20.3 Å². The van der Waals surface area contributed by atoms with E-state index in [9.17, 15) is 8.42 Å². The predicted octanol–water partition coefficient (Wildman–Crippen LogP) is 1.71. The lowest BCUT2D eigenvalue weighted by molar-refractivity contribution is 0.145. The first kappa shape index (κ1) is 27.0. The fourth-order valence-electron chi connectivity index (χ4n) is 2.21. The summed E-state index contributed by atoms with van der Waals surface area (Å²) in [5.74, 6) is 0.695. The molecule has 0 heterocycles. The summed E-state index contributed by atoms with van der Waals surface area (Å²) in [4.78, 5) is 4.74. The van der Waals surface area contributed by atoms with Crippen LogP contribution < -0.4 is 15.4 Å². The molecule has 3 N–H and O–H groups in total. The molecule has 28 heavy (non-hydrogen) atoms. The second-order valence-electron chi connectivity index (χ2n) is 5.71. The molecular weight excluding hydrogens is 495 g/mol. The molecule has 0 bridgehead atoms. The molecule has 0 saturated carbocycles. The largest absolute Gasteiger partial charge is 0.383 e. The lowest BCUT2D eigenvalue weighted by Crippen LogP contribution is -2.38. The Morgan fingerprint density at radius 3 is 2.61 bits per heavy atom. The zero-order chi connectivity index (χ0) is 20.0. The van der Waals surface area contributed by atoms with Gasteiger partial charge in [-0.05, 0) is 38.0 Å². The van der Waals surface area contributed by atoms with Crippen LogP contribution in [-0.2, 0) is 26.0 Å². The van der Waals surface area contributed by atoms with Crippen molar-refractivity contribution in [1.82, 2.24) is 15.4 Å². The molecule has 1 aromatic carbocycles. The number of ether oxygens (including phenoxy) is 2. The Kier molecular flexibility index (Phi) is 15.4. The molecule has 0 atom stereocenters. The van der Waals surface area contributed by atoms with E-state index >= 15 is 0 Å². The predicted molar refractivity (Wildman–Crippen MR) is 123 cm³/mol. The molecule has 0 aromatic heterocycles. The van der Waals surface area contributed by atoms with Crippen molar-refractivity contribution in [2.24, 2.45) is 4.99 Å². The molecule has 0 spiro atoms. The minimum absolute atomic E-state index is 0. The lowest BCUT2D eigenvalue weighted by atomic mass is 10.2. The van der Waals surface area contributed by atoms with E-state index in [0.717, 1.165) is 25.1 Å². The van der Waals surface area contributed by atoms with Crippen molar-refractivity contribution in [3.05, 3.63) is 29.8 Å². The monoisotopic (exact) mass is 528 g/mol. The molecule has 8 nitrogen and oxygen atoms in total. The zero-order valence-electron chi connectivity index (χ0n) is 16.9. The minimum Gasteiger partial charge on any atom is -0.383 e. The van der Waals surface area contributed by atoms with Gasteiger partial charge in [0.2, 0.25) is 10.0 Å². The standard InChI is InChI=1S/C18H32N4O4S.HI/c1-4-19-18(20-10-7-12-26-5-2)21-15-16-8-6-9-17(14-16)27(23,24)22-11-13-25-3;/h6,8-9,14,22H,4-5,7,10-13,15H2,1-3H3,(H2,19,20,21);1H. The Labute approximate surface area is 185 Å². The van der Waals surface area contributed by atoms with Crippen molar-refractivity contribution >= 4 is 40.0 Å². The fourth-order valence-corrected chi connectivity index (χ4v) is 3.29. The highest BCUT2D eigenvalue weighted by molar-refractivity contribution is 14.0. The lowest BCUT2D eigenvalue weighted by Gasteiger charge is -2.11. The normalized spacial score (nSPS) is 11.8. The van der Waals surface area contributed by atoms with Crippen LogP contribution in [0.15, 0.2) is 34.2 Å². The SMILES string of the molecule is CCNC(=NCc1cccc(S(=O)(=O)NCCOC)c1)NCCCOCC.I. The molecule has 1 rings (SSSR count). The van der Waals surface area contributed by atoms with Crippen LogP contribution in [0.2, 0.25) is 0 Å². The van der Waals surface area contributed by atoms with E-state index in [-0.39, 0.29) is 35.4 Å². The van der Waals surface area contributed by atoms with Crippen molar-refractivity contribution in [2.45, 2.75) is 31.7 Å². The first-order chi connectivity index (χ1) is 13.0. The number of hydrogen-bond donors (Lipinski definition) is 3. The molecule has 0 amide bonds. The maximum Gasteiger partial charge on any atom is 0.240 e. The van der Waals surface area contributed by atoms with Crippen molar-refractivity contribution in [1.29, 1.82) is 0 Å². The summed E-state index contributed by atoms with van der Waals surface area (Å²) in [6.07, 6.45) is 0.888. The summed E-state index contributed by atoms with van der Waals surface area (Å²) in [7, 11) is -2.02. The van der Waals surface area contributed by atoms with Gasteiger partial charge in [-0.15, -0.1) is 24.0 Å². The highest BCUT2D eigenvalue weighted by Gasteiger charge is 2.13. The van der Waals surface area contributed by atoms with Crippen LogP contribution in [0.3, 0.4) is 0 Å². The first-order valence-electron chi connectivity index (χ1n) is 9.21. The molecule has 0 unspecified atom stereocenters. The number of guanidine groups is 1. The molecule has 1 aromatic rings. The quantitative estimate of drug-likeness (QED) is 0.156. The van der Waals surface area contributed by atoms with Crippen LogP contribution in [0.25, 0.3) is 0 Å². The highest BCUT2D eigenvalue weighted by Crippen LogP contribution is 2.12. The Morgan fingerprint density at radius 1 is 1.14 bits per heavy atom. The number of sulfonamides is 1. The number of nitrogens with zero attached hydrogens (tertiary/aromatic N) is 1. The first-order valence-corrected chi connectivity index (χ1v) is 10.7. The van der Waals surface area contributed by atoms with Crippen molar-refractivity contribution in [2.75, 3.05) is 46.6 Å². The van der Waals surface area contributed by atoms with Crippen LogP contribution in [-0.4, -0.2) is 60.9 Å². The third-order valence-electron chi connectivity index (χ3n) is 3.53. The topological polar surface area (TPSA) is 101 Å². The number of halogens is 1. The maximum absolute atomic E-state index is 12.3. The number of aliphatic imine (C=N–C) groups is 1. The minimum atomic E-state index is -3.55. The summed E-state index contributed by atoms with van der Waals surface area (Å²) in [5.41, 5.74) is 0.816. The summed E-state index contributed by atoms with van der Waals surface area (Å²) in [6, 6.07) is 6.78. The molecule has 0 aliphatic rings. The average molecular weight is 528 g/mol. The summed E-state index contributed by atoms with van der Waals surface area (Å²) < 4.78 is 37.3. The summed E-state index contributed by atoms with van der Waals surface area (Å²) in [5, 5.41) is 6.42. The van der Waals surface area contributed by atoms with E-state index in [4.69, 9.17) is 9.47 Å². The second-order valence-corrected chi connectivity index (χ2v) is 7.48. The van der Waals surface area contributed by atoms with E-state index in [1.807, 2.05) is 19.9 Å². The van der Waals surface area contributed by atoms with Crippen LogP contribution >= 0.6 is 24.0 Å². The van der Waals surface area contributed by atoms with Gasteiger partial charge in [-0.3, -0.25) is 0 Å². The zero-order valence-corrected chi connectivity index (χ0v) is 20.0. The van der Waals surface area contributed by atoms with E-state index < -0.39 is 10.0 Å². The third kappa shape index (κ3) is 11.1. The number of nitrogens with one attached hydrogen (secondary N) is 3. The summed E-state index contributed by atoms with van der Waals surface area (Å²) >= 11 is 0. The van der Waals surface area contributed by atoms with Gasteiger partial charge in [0.25, 0.3) is 0 Å². The van der Waals surface area contributed by atoms with Gasteiger partial charge in [0.05, 0.1) is 18.0 Å². The van der Waals surface area contributed by atoms with Gasteiger partial charge >= 0.3 is 0 Å². The summed E-state index contributed by atoms with van der Waals surface area (Å²) in [6.45, 7) is 7.83. The van der Waals surface area contributed by atoms with Gasteiger partial charge in [0.15, 0.2) is 5.96 Å². The van der Waals surface area contributed by atoms with Gasteiger partial charge in [0, 0.05) is 40.0 Å². The molecule has 0 aliphatic heterocycles. The number of benzene rings is 1. The smallest absolute Gasteiger partial charge is 0.240 e. The Balaban J connectivity index is 0.00000729. The van der Waals surface area contributed by atoms with Crippen molar-refractivity contribution in [3.8, 4) is 0 Å². The number of hydrogen-bond acceptors (Lipinski definition) is 5. The molecular formula is C18H33IN4O4S. The Hall–Kier alpha value is -0.950. The molecule has 162 valence electrons. The van der Waals surface area contributed by atoms with Crippen LogP contribution in [0, 0.1) is 0 Å². The van der Waals surface area contributed by atoms with Gasteiger partial charge in [-0.2, -0.15) is 0 Å². The Bertz CT molecular complexity index is 671. The van der Waals surface area contributed by atoms with Gasteiger partial charge < -0.3 is 20.1 Å². The van der Waals surface area contributed by atoms with Crippen molar-refractivity contribution in [3.63, 3.8) is 0 Å². The molecule has 10 heteroatoms. The average Bonchev–Trinajstić information content (AvgIpc) is 2.66. The van der Waals surface area contributed by atoms with Gasteiger partial charge in [-0.1, -0.05) is 12.1 Å². The van der Waals surface area contributed by atoms with E-state index in [1.54, 1.807) is 18.2 Å². The third-order valence-corrected chi connectivity index (χ3v) is 4.99. The Morgan fingerprint density at radius 2 is 1.93 bits per heavy atom. The second kappa shape index (κ2) is 15.9. The van der Waals surface area contributed by atoms with Crippen LogP contribution in [0.5, 0.6) is 0 Å². The van der Waals surface area contributed by atoms with Crippen molar-refractivity contribution < 1.29 is 17.9 Å². The molecule has 0 fully saturated rings. The van der Waals surface area contributed by atoms with Gasteiger partial charge in [-0.25, -0.2) is 18.1 Å². The van der Waals surface area contributed by atoms with E-state index in [1.165, 1.54) is 7.11 Å². The molecule has 0 saturated heterocycles.